The van der Waals surface area contributed by atoms with Crippen LogP contribution in [0, 0.1) is 0 Å². The van der Waals surface area contributed by atoms with Gasteiger partial charge in [-0.2, -0.15) is 5.10 Å². The van der Waals surface area contributed by atoms with Gasteiger partial charge in [-0.05, 0) is 13.0 Å². The van der Waals surface area contributed by atoms with Crippen LogP contribution in [0.5, 0.6) is 0 Å². The summed E-state index contributed by atoms with van der Waals surface area (Å²) < 4.78 is 1.79. The van der Waals surface area contributed by atoms with Gasteiger partial charge in [-0.3, -0.25) is 4.68 Å². The zero-order valence-corrected chi connectivity index (χ0v) is 8.38. The first kappa shape index (κ1) is 10.1. The molecule has 0 spiro atoms. The number of hydrogen-bond acceptors (Lipinski definition) is 3. The molecule has 1 aromatic rings. The Morgan fingerprint density at radius 1 is 1.38 bits per heavy atom. The van der Waals surface area contributed by atoms with Gasteiger partial charge in [0.15, 0.2) is 0 Å². The zero-order chi connectivity index (χ0) is 9.52. The van der Waals surface area contributed by atoms with Crippen molar-refractivity contribution >= 4 is 5.82 Å². The maximum absolute atomic E-state index is 4.21. The highest BCUT2D eigenvalue weighted by Crippen LogP contribution is 1.98. The van der Waals surface area contributed by atoms with Crippen molar-refractivity contribution in [2.75, 3.05) is 25.0 Å². The van der Waals surface area contributed by atoms with Crippen LogP contribution in [0.25, 0.3) is 0 Å². The molecule has 0 saturated carbocycles. The Morgan fingerprint density at radius 2 is 2.23 bits per heavy atom. The molecule has 0 aliphatic carbocycles. The summed E-state index contributed by atoms with van der Waals surface area (Å²) >= 11 is 0. The van der Waals surface area contributed by atoms with Crippen LogP contribution in [0.15, 0.2) is 12.3 Å². The molecule has 1 rings (SSSR count). The van der Waals surface area contributed by atoms with Crippen molar-refractivity contribution in [3.05, 3.63) is 12.3 Å². The molecule has 4 nitrogen and oxygen atoms in total. The van der Waals surface area contributed by atoms with Crippen LogP contribution in [0.1, 0.15) is 13.3 Å². The van der Waals surface area contributed by atoms with Gasteiger partial charge in [-0.25, -0.2) is 0 Å². The van der Waals surface area contributed by atoms with Gasteiger partial charge in [0.25, 0.3) is 0 Å². The fourth-order valence-corrected chi connectivity index (χ4v) is 1.09. The Labute approximate surface area is 79.3 Å². The smallest absolute Gasteiger partial charge is 0.148 e. The lowest BCUT2D eigenvalue weighted by atomic mass is 10.4. The summed E-state index contributed by atoms with van der Waals surface area (Å²) in [6.07, 6.45) is 3.12. The first-order valence-electron chi connectivity index (χ1n) is 4.77. The Balaban J connectivity index is 2.06. The maximum atomic E-state index is 4.21. The Kier molecular flexibility index (Phi) is 4.32. The van der Waals surface area contributed by atoms with Crippen molar-refractivity contribution in [3.8, 4) is 0 Å². The third kappa shape index (κ3) is 3.94. The second-order valence-electron chi connectivity index (χ2n) is 3.05. The van der Waals surface area contributed by atoms with Crippen LogP contribution in [-0.4, -0.2) is 29.4 Å². The minimum atomic E-state index is 0.928. The highest BCUT2D eigenvalue weighted by Gasteiger charge is 1.93. The highest BCUT2D eigenvalue weighted by molar-refractivity contribution is 5.31. The number of aryl methyl sites for hydroxylation is 1. The van der Waals surface area contributed by atoms with Crippen LogP contribution in [-0.2, 0) is 7.05 Å². The predicted octanol–water partition coefficient (Wildman–Crippen LogP) is 0.832. The number of nitrogens with zero attached hydrogens (tertiary/aromatic N) is 2. The number of hydrogen-bond donors (Lipinski definition) is 2. The number of nitrogens with one attached hydrogen (secondary N) is 2. The fraction of sp³-hybridized carbons (Fsp3) is 0.667. The highest BCUT2D eigenvalue weighted by atomic mass is 15.3. The molecule has 0 amide bonds. The predicted molar refractivity (Wildman–Crippen MR) is 54.9 cm³/mol. The van der Waals surface area contributed by atoms with Gasteiger partial charge in [-0.15, -0.1) is 0 Å². The number of rotatable bonds is 6. The van der Waals surface area contributed by atoms with Crippen LogP contribution in [0.2, 0.25) is 0 Å². The Hall–Kier alpha value is -1.03. The number of anilines is 1. The van der Waals surface area contributed by atoms with Gasteiger partial charge in [0.2, 0.25) is 0 Å². The summed E-state index contributed by atoms with van der Waals surface area (Å²) in [5.41, 5.74) is 0. The molecule has 2 N–H and O–H groups in total. The summed E-state index contributed by atoms with van der Waals surface area (Å²) in [5.74, 6) is 0.945. The molecule has 0 radical (unpaired) electrons. The van der Waals surface area contributed by atoms with Gasteiger partial charge in [-0.1, -0.05) is 6.92 Å². The third-order valence-corrected chi connectivity index (χ3v) is 1.75. The largest absolute Gasteiger partial charge is 0.367 e. The second kappa shape index (κ2) is 5.59. The van der Waals surface area contributed by atoms with Gasteiger partial charge in [0.1, 0.15) is 5.82 Å². The molecule has 13 heavy (non-hydrogen) atoms. The Morgan fingerprint density at radius 3 is 2.85 bits per heavy atom. The van der Waals surface area contributed by atoms with E-state index in [0.717, 1.165) is 25.5 Å². The molecule has 1 heterocycles. The topological polar surface area (TPSA) is 41.9 Å². The summed E-state index contributed by atoms with van der Waals surface area (Å²) in [4.78, 5) is 0. The molecule has 0 fully saturated rings. The molecule has 0 saturated heterocycles. The van der Waals surface area contributed by atoms with Gasteiger partial charge < -0.3 is 10.6 Å². The summed E-state index contributed by atoms with van der Waals surface area (Å²) in [6.45, 7) is 5.17. The summed E-state index contributed by atoms with van der Waals surface area (Å²) in [6, 6.07) is 1.97. The minimum Gasteiger partial charge on any atom is -0.367 e. The molecule has 74 valence electrons. The van der Waals surface area contributed by atoms with Crippen molar-refractivity contribution in [3.63, 3.8) is 0 Å². The summed E-state index contributed by atoms with van der Waals surface area (Å²) in [5, 5.41) is 10.8. The van der Waals surface area contributed by atoms with Crippen LogP contribution in [0.4, 0.5) is 5.82 Å². The van der Waals surface area contributed by atoms with Crippen molar-refractivity contribution in [1.29, 1.82) is 0 Å². The maximum Gasteiger partial charge on any atom is 0.148 e. The standard InChI is InChI=1S/C9H18N4/c1-3-5-10-6-7-11-9-4-8-13(2)12-9/h4,8,10H,3,5-7H2,1-2H3,(H,11,12). The van der Waals surface area contributed by atoms with Crippen LogP contribution in [0.3, 0.4) is 0 Å². The normalized spacial score (nSPS) is 10.3. The van der Waals surface area contributed by atoms with Crippen molar-refractivity contribution in [1.82, 2.24) is 15.1 Å². The van der Waals surface area contributed by atoms with Gasteiger partial charge >= 0.3 is 0 Å². The van der Waals surface area contributed by atoms with E-state index in [-0.39, 0.29) is 0 Å². The van der Waals surface area contributed by atoms with E-state index < -0.39 is 0 Å². The molecular formula is C9H18N4. The first-order valence-corrected chi connectivity index (χ1v) is 4.77. The molecule has 4 heteroatoms. The lowest BCUT2D eigenvalue weighted by Crippen LogP contribution is -2.22. The van der Waals surface area contributed by atoms with E-state index in [1.807, 2.05) is 19.3 Å². The van der Waals surface area contributed by atoms with Crippen molar-refractivity contribution in [2.24, 2.45) is 7.05 Å². The van der Waals surface area contributed by atoms with E-state index in [4.69, 9.17) is 0 Å². The van der Waals surface area contributed by atoms with Gasteiger partial charge in [0, 0.05) is 32.4 Å². The van der Waals surface area contributed by atoms with E-state index >= 15 is 0 Å². The molecular weight excluding hydrogens is 164 g/mol. The van der Waals surface area contributed by atoms with Crippen molar-refractivity contribution < 1.29 is 0 Å². The van der Waals surface area contributed by atoms with E-state index in [2.05, 4.69) is 22.7 Å². The molecule has 0 atom stereocenters. The number of aromatic nitrogens is 2. The summed E-state index contributed by atoms with van der Waals surface area (Å²) in [7, 11) is 1.92. The van der Waals surface area contributed by atoms with E-state index in [1.165, 1.54) is 6.42 Å². The van der Waals surface area contributed by atoms with E-state index in [9.17, 15) is 0 Å². The second-order valence-corrected chi connectivity index (χ2v) is 3.05. The molecule has 0 aromatic carbocycles. The van der Waals surface area contributed by atoms with Crippen molar-refractivity contribution in [2.45, 2.75) is 13.3 Å². The Bertz CT molecular complexity index is 231. The lowest BCUT2D eigenvalue weighted by Gasteiger charge is -2.03. The molecule has 0 unspecified atom stereocenters. The SMILES string of the molecule is CCCNCCNc1ccn(C)n1. The molecule has 0 bridgehead atoms. The molecule has 0 aliphatic rings. The molecule has 0 aliphatic heterocycles. The molecule has 1 aromatic heterocycles. The van der Waals surface area contributed by atoms with Crippen LogP contribution < -0.4 is 10.6 Å². The average molecular weight is 182 g/mol. The third-order valence-electron chi connectivity index (χ3n) is 1.75. The fourth-order valence-electron chi connectivity index (χ4n) is 1.09. The van der Waals surface area contributed by atoms with E-state index in [0.29, 0.717) is 0 Å². The van der Waals surface area contributed by atoms with Gasteiger partial charge in [0.05, 0.1) is 0 Å². The zero-order valence-electron chi connectivity index (χ0n) is 8.38. The van der Waals surface area contributed by atoms with Crippen LogP contribution >= 0.6 is 0 Å². The minimum absolute atomic E-state index is 0.928. The average Bonchev–Trinajstić information content (AvgIpc) is 2.51. The first-order chi connectivity index (χ1) is 6.33. The monoisotopic (exact) mass is 182 g/mol. The van der Waals surface area contributed by atoms with E-state index in [1.54, 1.807) is 4.68 Å². The quantitative estimate of drug-likeness (QED) is 0.640. The lowest BCUT2D eigenvalue weighted by molar-refractivity contribution is 0.685.